The summed E-state index contributed by atoms with van der Waals surface area (Å²) in [6.07, 6.45) is 3.91. The number of nitrogens with zero attached hydrogens (tertiary/aromatic N) is 3. The van der Waals surface area contributed by atoms with Gasteiger partial charge in [0.15, 0.2) is 0 Å². The van der Waals surface area contributed by atoms with E-state index in [4.69, 9.17) is 16.9 Å². The van der Waals surface area contributed by atoms with Crippen molar-refractivity contribution in [2.45, 2.75) is 56.4 Å². The smallest absolute Gasteiger partial charge is 0.379 e. The third-order valence-corrected chi connectivity index (χ3v) is 8.66. The summed E-state index contributed by atoms with van der Waals surface area (Å²) in [6.45, 7) is 4.73. The van der Waals surface area contributed by atoms with Crippen molar-refractivity contribution in [3.8, 4) is 12.3 Å². The van der Waals surface area contributed by atoms with Gasteiger partial charge >= 0.3 is 6.18 Å². The minimum atomic E-state index is -4.56. The molecule has 0 aliphatic carbocycles. The van der Waals surface area contributed by atoms with Gasteiger partial charge in [0.05, 0.1) is 31.4 Å². The second-order valence-corrected chi connectivity index (χ2v) is 11.1. The summed E-state index contributed by atoms with van der Waals surface area (Å²) in [5.74, 6) is 2.39. The molecule has 2 N–H and O–H groups in total. The number of likely N-dealkylation sites (tertiary alicyclic amines) is 1. The van der Waals surface area contributed by atoms with Crippen LogP contribution in [0.15, 0.2) is 36.4 Å². The van der Waals surface area contributed by atoms with Gasteiger partial charge in [0.2, 0.25) is 0 Å². The Morgan fingerprint density at radius 2 is 1.92 bits per heavy atom. The molecule has 1 amide bonds. The monoisotopic (exact) mass is 540 g/mol. The molecule has 5 rings (SSSR count). The normalized spacial score (nSPS) is 20.6. The van der Waals surface area contributed by atoms with Crippen LogP contribution >= 0.6 is 0 Å². The van der Waals surface area contributed by atoms with Crippen molar-refractivity contribution in [3.63, 3.8) is 0 Å². The van der Waals surface area contributed by atoms with Gasteiger partial charge in [-0.15, -0.1) is 6.42 Å². The average Bonchev–Trinajstić information content (AvgIpc) is 3.55. The molecule has 0 radical (unpaired) electrons. The van der Waals surface area contributed by atoms with E-state index in [9.17, 15) is 18.0 Å². The van der Waals surface area contributed by atoms with Gasteiger partial charge in [0.1, 0.15) is 0 Å². The molecule has 0 saturated carbocycles. The second-order valence-electron chi connectivity index (χ2n) is 11.1. The van der Waals surface area contributed by atoms with E-state index in [0.717, 1.165) is 31.5 Å². The first-order valence-corrected chi connectivity index (χ1v) is 13.4. The SMILES string of the molecule is C#CC(CC1(c2cccc(N3Cc4c(cc([C@H](C)N5CCCC5)cc4C(F)(F)F)C3=O)c2)COC1)N(C)CN. The Labute approximate surface area is 227 Å². The summed E-state index contributed by atoms with van der Waals surface area (Å²) >= 11 is 0. The Balaban J connectivity index is 1.48. The molecule has 9 heteroatoms. The van der Waals surface area contributed by atoms with E-state index >= 15 is 0 Å². The first-order chi connectivity index (χ1) is 18.6. The molecule has 2 aromatic carbocycles. The molecular weight excluding hydrogens is 505 g/mol. The van der Waals surface area contributed by atoms with Crippen LogP contribution in [0.1, 0.15) is 64.8 Å². The molecule has 2 aromatic rings. The number of carbonyl (C=O) groups excluding carboxylic acids is 1. The van der Waals surface area contributed by atoms with E-state index in [-0.39, 0.29) is 35.2 Å². The van der Waals surface area contributed by atoms with E-state index in [1.165, 1.54) is 11.0 Å². The first kappa shape index (κ1) is 27.7. The number of alkyl halides is 3. The molecule has 2 atom stereocenters. The lowest BCUT2D eigenvalue weighted by Gasteiger charge is -2.44. The van der Waals surface area contributed by atoms with Gasteiger partial charge < -0.3 is 15.4 Å². The molecular formula is C30H35F3N4O2. The van der Waals surface area contributed by atoms with E-state index in [2.05, 4.69) is 10.8 Å². The number of amides is 1. The number of nitrogens with two attached hydrogens (primary N) is 1. The van der Waals surface area contributed by atoms with Crippen LogP contribution in [-0.2, 0) is 22.9 Å². The fraction of sp³-hybridized carbons (Fsp3) is 0.500. The largest absolute Gasteiger partial charge is 0.416 e. The minimum Gasteiger partial charge on any atom is -0.379 e. The lowest BCUT2D eigenvalue weighted by molar-refractivity contribution is -0.138. The van der Waals surface area contributed by atoms with E-state index in [0.29, 0.717) is 37.6 Å². The van der Waals surface area contributed by atoms with Crippen LogP contribution in [0.5, 0.6) is 0 Å². The van der Waals surface area contributed by atoms with Crippen LogP contribution in [0.2, 0.25) is 0 Å². The number of halogens is 3. The highest BCUT2D eigenvalue weighted by atomic mass is 19.4. The third kappa shape index (κ3) is 5.07. The first-order valence-electron chi connectivity index (χ1n) is 13.4. The number of hydrogen-bond donors (Lipinski definition) is 1. The summed E-state index contributed by atoms with van der Waals surface area (Å²) < 4.78 is 48.4. The number of fused-ring (bicyclic) bond motifs is 1. The number of anilines is 1. The summed E-state index contributed by atoms with van der Waals surface area (Å²) in [5.41, 5.74) is 6.93. The van der Waals surface area contributed by atoms with Crippen molar-refractivity contribution in [2.75, 3.05) is 44.9 Å². The number of benzene rings is 2. The highest BCUT2D eigenvalue weighted by Gasteiger charge is 2.44. The lowest BCUT2D eigenvalue weighted by Crippen LogP contribution is -2.51. The van der Waals surface area contributed by atoms with Crippen LogP contribution in [0, 0.1) is 12.3 Å². The zero-order chi connectivity index (χ0) is 27.9. The lowest BCUT2D eigenvalue weighted by atomic mass is 9.73. The Morgan fingerprint density at radius 1 is 1.21 bits per heavy atom. The molecule has 3 heterocycles. The Bertz CT molecular complexity index is 1280. The topological polar surface area (TPSA) is 62.0 Å². The number of terminal acetylenes is 1. The fourth-order valence-electron chi connectivity index (χ4n) is 6.07. The predicted octanol–water partition coefficient (Wildman–Crippen LogP) is 4.53. The Hall–Kier alpha value is -2.90. The van der Waals surface area contributed by atoms with E-state index < -0.39 is 17.6 Å². The molecule has 2 fully saturated rings. The third-order valence-electron chi connectivity index (χ3n) is 8.66. The van der Waals surface area contributed by atoms with Gasteiger partial charge in [-0.2, -0.15) is 13.2 Å². The standard InChI is InChI=1S/C30H35F3N4O2/c1-4-23(35(3)19-34)15-29(17-39-18-29)22-8-7-9-24(14-22)37-16-26-25(28(37)38)12-21(13-27(26)30(31,32)33)20(2)36-10-5-6-11-36/h1,7-9,12-14,20,23H,5-6,10-11,15-19,34H2,2-3H3/t20-,23?/m0/s1. The second kappa shape index (κ2) is 10.6. The van der Waals surface area contributed by atoms with Crippen molar-refractivity contribution in [1.29, 1.82) is 0 Å². The number of carbonyl (C=O) groups is 1. The molecule has 3 aliphatic rings. The van der Waals surface area contributed by atoms with Crippen molar-refractivity contribution in [3.05, 3.63) is 64.2 Å². The fourth-order valence-corrected chi connectivity index (χ4v) is 6.07. The van der Waals surface area contributed by atoms with E-state index in [1.54, 1.807) is 12.1 Å². The maximum atomic E-state index is 14.3. The van der Waals surface area contributed by atoms with Gasteiger partial charge in [0, 0.05) is 29.4 Å². The number of rotatable bonds is 8. The molecule has 39 heavy (non-hydrogen) atoms. The van der Waals surface area contributed by atoms with Gasteiger partial charge in [-0.1, -0.05) is 18.1 Å². The number of ether oxygens (including phenoxy) is 1. The van der Waals surface area contributed by atoms with Gasteiger partial charge in [-0.3, -0.25) is 14.6 Å². The maximum Gasteiger partial charge on any atom is 0.416 e. The summed E-state index contributed by atoms with van der Waals surface area (Å²) in [7, 11) is 1.87. The summed E-state index contributed by atoms with van der Waals surface area (Å²) in [5, 5.41) is 0. The molecule has 2 saturated heterocycles. The molecule has 0 aromatic heterocycles. The summed E-state index contributed by atoms with van der Waals surface area (Å²) in [6, 6.07) is 9.97. The summed E-state index contributed by atoms with van der Waals surface area (Å²) in [4.78, 5) is 19.2. The zero-order valence-corrected chi connectivity index (χ0v) is 22.4. The molecule has 1 unspecified atom stereocenters. The Morgan fingerprint density at radius 3 is 2.51 bits per heavy atom. The van der Waals surface area contributed by atoms with Crippen LogP contribution in [0.3, 0.4) is 0 Å². The molecule has 208 valence electrons. The van der Waals surface area contributed by atoms with Crippen molar-refractivity contribution >= 4 is 11.6 Å². The van der Waals surface area contributed by atoms with Gasteiger partial charge in [-0.05, 0) is 87.3 Å². The van der Waals surface area contributed by atoms with Crippen LogP contribution < -0.4 is 10.6 Å². The molecule has 0 bridgehead atoms. The predicted molar refractivity (Wildman–Crippen MR) is 144 cm³/mol. The van der Waals surface area contributed by atoms with Gasteiger partial charge in [-0.25, -0.2) is 0 Å². The highest BCUT2D eigenvalue weighted by Crippen LogP contribution is 2.43. The van der Waals surface area contributed by atoms with Crippen molar-refractivity contribution < 1.29 is 22.7 Å². The van der Waals surface area contributed by atoms with Crippen LogP contribution in [-0.4, -0.2) is 61.8 Å². The van der Waals surface area contributed by atoms with Crippen LogP contribution in [0.25, 0.3) is 0 Å². The highest BCUT2D eigenvalue weighted by molar-refractivity contribution is 6.10. The molecule has 3 aliphatic heterocycles. The average molecular weight is 541 g/mol. The maximum absolute atomic E-state index is 14.3. The van der Waals surface area contributed by atoms with Crippen molar-refractivity contribution in [1.82, 2.24) is 9.80 Å². The number of hydrogen-bond acceptors (Lipinski definition) is 5. The van der Waals surface area contributed by atoms with Crippen LogP contribution in [0.4, 0.5) is 18.9 Å². The zero-order valence-electron chi connectivity index (χ0n) is 22.4. The Kier molecular flexibility index (Phi) is 7.51. The molecule has 0 spiro atoms. The van der Waals surface area contributed by atoms with E-state index in [1.807, 2.05) is 37.1 Å². The minimum absolute atomic E-state index is 0.0360. The quantitative estimate of drug-likeness (QED) is 0.394. The van der Waals surface area contributed by atoms with Gasteiger partial charge in [0.25, 0.3) is 5.91 Å². The van der Waals surface area contributed by atoms with Crippen molar-refractivity contribution in [2.24, 2.45) is 5.73 Å². The molecule has 6 nitrogen and oxygen atoms in total.